The number of hydrogen-bond donors (Lipinski definition) is 1. The molecule has 0 bridgehead atoms. The summed E-state index contributed by atoms with van der Waals surface area (Å²) < 4.78 is 0. The van der Waals surface area contributed by atoms with Gasteiger partial charge in [-0.05, 0) is 48.4 Å². The predicted molar refractivity (Wildman–Crippen MR) is 110 cm³/mol. The first-order valence-electron chi connectivity index (χ1n) is 9.78. The smallest absolute Gasteiger partial charge is 0.321 e. The predicted octanol–water partition coefficient (Wildman–Crippen LogP) is 4.64. The summed E-state index contributed by atoms with van der Waals surface area (Å²) in [5.41, 5.74) is 3.65. The molecule has 0 atom stereocenters. The molecule has 0 aliphatic carbocycles. The molecule has 1 saturated heterocycles. The minimum Gasteiger partial charge on any atom is -0.325 e. The van der Waals surface area contributed by atoms with Crippen molar-refractivity contribution in [3.8, 4) is 0 Å². The van der Waals surface area contributed by atoms with Gasteiger partial charge in [-0.25, -0.2) is 4.79 Å². The van der Waals surface area contributed by atoms with E-state index in [0.29, 0.717) is 16.6 Å². The van der Waals surface area contributed by atoms with Gasteiger partial charge in [-0.2, -0.15) is 0 Å². The van der Waals surface area contributed by atoms with E-state index in [-0.39, 0.29) is 6.03 Å². The fourth-order valence-corrected chi connectivity index (χ4v) is 4.33. The molecule has 27 heavy (non-hydrogen) atoms. The fourth-order valence-electron chi connectivity index (χ4n) is 4.15. The van der Waals surface area contributed by atoms with Crippen molar-refractivity contribution in [2.45, 2.75) is 25.8 Å². The topological polar surface area (TPSA) is 35.6 Å². The Morgan fingerprint density at radius 3 is 2.48 bits per heavy atom. The van der Waals surface area contributed by atoms with Crippen LogP contribution >= 0.6 is 11.6 Å². The van der Waals surface area contributed by atoms with Crippen molar-refractivity contribution in [2.24, 2.45) is 5.92 Å². The Bertz CT molecular complexity index is 802. The lowest BCUT2D eigenvalue weighted by Crippen LogP contribution is -2.44. The number of piperidine rings is 1. The van der Waals surface area contributed by atoms with Crippen LogP contribution in [0.2, 0.25) is 5.02 Å². The van der Waals surface area contributed by atoms with Crippen LogP contribution in [0.4, 0.5) is 10.5 Å². The van der Waals surface area contributed by atoms with Crippen LogP contribution in [0, 0.1) is 5.92 Å². The summed E-state index contributed by atoms with van der Waals surface area (Å²) in [7, 11) is 0. The van der Waals surface area contributed by atoms with E-state index < -0.39 is 0 Å². The number of likely N-dealkylation sites (tertiary alicyclic amines) is 1. The van der Waals surface area contributed by atoms with Crippen molar-refractivity contribution in [1.82, 2.24) is 9.80 Å². The highest BCUT2D eigenvalue weighted by Gasteiger charge is 2.26. The van der Waals surface area contributed by atoms with Gasteiger partial charge >= 0.3 is 6.03 Å². The number of nitrogens with one attached hydrogen (secondary N) is 1. The first kappa shape index (κ1) is 18.3. The second-order valence-corrected chi connectivity index (χ2v) is 8.00. The van der Waals surface area contributed by atoms with Crippen LogP contribution in [-0.2, 0) is 13.0 Å². The number of urea groups is 1. The standard InChI is InChI=1S/C22H26ClN3O/c23-20-7-3-4-8-21(20)24-22(27)26-13-9-17(10-14-26)15-25-12-11-18-5-1-2-6-19(18)16-25/h1-8,17H,9-16H2,(H,24,27). The number of anilines is 1. The number of para-hydroxylation sites is 1. The first-order chi connectivity index (χ1) is 13.2. The second kappa shape index (κ2) is 8.32. The Morgan fingerprint density at radius 2 is 1.70 bits per heavy atom. The maximum atomic E-state index is 12.5. The van der Waals surface area contributed by atoms with Gasteiger partial charge in [0, 0.05) is 32.7 Å². The highest BCUT2D eigenvalue weighted by Crippen LogP contribution is 2.25. The zero-order valence-electron chi connectivity index (χ0n) is 15.5. The molecule has 0 radical (unpaired) electrons. The number of carbonyl (C=O) groups excluding carboxylic acids is 1. The molecule has 2 aliphatic heterocycles. The summed E-state index contributed by atoms with van der Waals surface area (Å²) in [6, 6.07) is 16.1. The Balaban J connectivity index is 1.26. The molecule has 0 saturated carbocycles. The Morgan fingerprint density at radius 1 is 1.00 bits per heavy atom. The number of benzene rings is 2. The lowest BCUT2D eigenvalue weighted by atomic mass is 9.94. The molecule has 4 nitrogen and oxygen atoms in total. The first-order valence-corrected chi connectivity index (χ1v) is 10.2. The van der Waals surface area contributed by atoms with Gasteiger partial charge in [0.15, 0.2) is 0 Å². The van der Waals surface area contributed by atoms with Crippen LogP contribution in [0.5, 0.6) is 0 Å². The molecule has 0 unspecified atom stereocenters. The molecular weight excluding hydrogens is 358 g/mol. The van der Waals surface area contributed by atoms with E-state index in [0.717, 1.165) is 52.0 Å². The van der Waals surface area contributed by atoms with Gasteiger partial charge < -0.3 is 10.2 Å². The molecule has 0 spiro atoms. The molecule has 2 aromatic rings. The highest BCUT2D eigenvalue weighted by molar-refractivity contribution is 6.33. The SMILES string of the molecule is O=C(Nc1ccccc1Cl)N1CCC(CN2CCc3ccccc3C2)CC1. The summed E-state index contributed by atoms with van der Waals surface area (Å²) in [6.07, 6.45) is 3.28. The van der Waals surface area contributed by atoms with E-state index in [1.54, 1.807) is 6.07 Å². The third-order valence-corrected chi connectivity index (χ3v) is 6.07. The number of halogens is 1. The average molecular weight is 384 g/mol. The van der Waals surface area contributed by atoms with Gasteiger partial charge in [-0.1, -0.05) is 48.0 Å². The largest absolute Gasteiger partial charge is 0.325 e. The van der Waals surface area contributed by atoms with Crippen molar-refractivity contribution in [3.63, 3.8) is 0 Å². The Kier molecular flexibility index (Phi) is 5.65. The van der Waals surface area contributed by atoms with Gasteiger partial charge in [0.1, 0.15) is 0 Å². The molecule has 1 N–H and O–H groups in total. The van der Waals surface area contributed by atoms with Gasteiger partial charge in [-0.3, -0.25) is 4.90 Å². The van der Waals surface area contributed by atoms with E-state index in [1.807, 2.05) is 23.1 Å². The number of hydrogen-bond acceptors (Lipinski definition) is 2. The second-order valence-electron chi connectivity index (χ2n) is 7.59. The lowest BCUT2D eigenvalue weighted by Gasteiger charge is -2.36. The zero-order valence-corrected chi connectivity index (χ0v) is 16.3. The normalized spacial score (nSPS) is 18.2. The minimum absolute atomic E-state index is 0.0477. The van der Waals surface area contributed by atoms with Gasteiger partial charge in [0.2, 0.25) is 0 Å². The van der Waals surface area contributed by atoms with Crippen molar-refractivity contribution < 1.29 is 4.79 Å². The minimum atomic E-state index is -0.0477. The molecule has 2 amide bonds. The van der Waals surface area contributed by atoms with E-state index in [4.69, 9.17) is 11.6 Å². The molecule has 0 aromatic heterocycles. The lowest BCUT2D eigenvalue weighted by molar-refractivity contribution is 0.147. The number of carbonyl (C=O) groups is 1. The molecule has 2 aromatic carbocycles. The van der Waals surface area contributed by atoms with Crippen LogP contribution in [0.25, 0.3) is 0 Å². The van der Waals surface area contributed by atoms with Crippen LogP contribution < -0.4 is 5.32 Å². The molecule has 142 valence electrons. The van der Waals surface area contributed by atoms with Gasteiger partial charge in [0.05, 0.1) is 10.7 Å². The third kappa shape index (κ3) is 4.45. The van der Waals surface area contributed by atoms with Crippen molar-refractivity contribution in [2.75, 3.05) is 31.5 Å². The van der Waals surface area contributed by atoms with Crippen LogP contribution in [0.15, 0.2) is 48.5 Å². The monoisotopic (exact) mass is 383 g/mol. The third-order valence-electron chi connectivity index (χ3n) is 5.74. The van der Waals surface area contributed by atoms with E-state index >= 15 is 0 Å². The molecule has 4 rings (SSSR count). The molecular formula is C22H26ClN3O. The number of rotatable bonds is 3. The summed E-state index contributed by atoms with van der Waals surface area (Å²) in [5.74, 6) is 0.666. The Labute approximate surface area is 166 Å². The Hall–Kier alpha value is -2.04. The molecule has 1 fully saturated rings. The summed E-state index contributed by atoms with van der Waals surface area (Å²) in [5, 5.41) is 3.51. The van der Waals surface area contributed by atoms with Crippen molar-refractivity contribution in [1.29, 1.82) is 0 Å². The maximum Gasteiger partial charge on any atom is 0.321 e. The van der Waals surface area contributed by atoms with E-state index in [9.17, 15) is 4.79 Å². The fraction of sp³-hybridized carbons (Fsp3) is 0.409. The molecule has 2 heterocycles. The maximum absolute atomic E-state index is 12.5. The van der Waals surface area contributed by atoms with Crippen LogP contribution in [0.3, 0.4) is 0 Å². The van der Waals surface area contributed by atoms with Gasteiger partial charge in [0.25, 0.3) is 0 Å². The molecule has 2 aliphatic rings. The van der Waals surface area contributed by atoms with Crippen LogP contribution in [0.1, 0.15) is 24.0 Å². The summed E-state index contributed by atoms with van der Waals surface area (Å²) in [4.78, 5) is 17.0. The van der Waals surface area contributed by atoms with Crippen LogP contribution in [-0.4, -0.2) is 42.0 Å². The average Bonchev–Trinajstić information content (AvgIpc) is 2.70. The summed E-state index contributed by atoms with van der Waals surface area (Å²) in [6.45, 7) is 4.96. The zero-order chi connectivity index (χ0) is 18.6. The number of amides is 2. The number of fused-ring (bicyclic) bond motifs is 1. The molecule has 5 heteroatoms. The van der Waals surface area contributed by atoms with E-state index in [1.165, 1.54) is 11.1 Å². The van der Waals surface area contributed by atoms with Crippen molar-refractivity contribution >= 4 is 23.3 Å². The van der Waals surface area contributed by atoms with Gasteiger partial charge in [-0.15, -0.1) is 0 Å². The number of nitrogens with zero attached hydrogens (tertiary/aromatic N) is 2. The van der Waals surface area contributed by atoms with E-state index in [2.05, 4.69) is 34.5 Å². The quantitative estimate of drug-likeness (QED) is 0.837. The van der Waals surface area contributed by atoms with Crippen molar-refractivity contribution in [3.05, 3.63) is 64.7 Å². The summed E-state index contributed by atoms with van der Waals surface area (Å²) >= 11 is 6.14. The highest BCUT2D eigenvalue weighted by atomic mass is 35.5.